The molecular formula is C24H24N2O8S2. The molecule has 0 aliphatic heterocycles. The molecule has 0 saturated carbocycles. The minimum Gasteiger partial charge on any atom is -0.457 e. The van der Waals surface area contributed by atoms with Crippen molar-refractivity contribution in [2.45, 2.75) is 23.0 Å². The van der Waals surface area contributed by atoms with Gasteiger partial charge in [0.25, 0.3) is 0 Å². The van der Waals surface area contributed by atoms with Crippen molar-refractivity contribution in [2.75, 3.05) is 14.1 Å². The monoisotopic (exact) mass is 532 g/mol. The summed E-state index contributed by atoms with van der Waals surface area (Å²) < 4.78 is 62.5. The topological polar surface area (TPSA) is 145 Å². The summed E-state index contributed by atoms with van der Waals surface area (Å²) in [5.74, 6) is -1.35. The number of rotatable bonds is 10. The highest BCUT2D eigenvalue weighted by Gasteiger charge is 2.16. The Morgan fingerprint density at radius 1 is 0.639 bits per heavy atom. The van der Waals surface area contributed by atoms with Crippen LogP contribution in [-0.4, -0.2) is 42.9 Å². The molecular weight excluding hydrogens is 508 g/mol. The van der Waals surface area contributed by atoms with E-state index in [-0.39, 0.29) is 34.1 Å². The molecule has 10 nitrogen and oxygen atoms in total. The minimum absolute atomic E-state index is 0.0470. The molecule has 0 aromatic heterocycles. The van der Waals surface area contributed by atoms with Crippen molar-refractivity contribution in [1.82, 2.24) is 9.44 Å². The van der Waals surface area contributed by atoms with E-state index in [0.29, 0.717) is 11.1 Å². The van der Waals surface area contributed by atoms with Gasteiger partial charge in [-0.2, -0.15) is 0 Å². The SMILES string of the molecule is CNS(=O)(=O)c1cccc(C(=O)OCc2ccc(COC(=O)c3cccc(S(=O)(=O)NC)c3)cc2)c1. The molecule has 0 saturated heterocycles. The maximum atomic E-state index is 12.3. The van der Waals surface area contributed by atoms with Crippen molar-refractivity contribution in [3.05, 3.63) is 95.1 Å². The summed E-state index contributed by atoms with van der Waals surface area (Å²) >= 11 is 0. The van der Waals surface area contributed by atoms with E-state index in [2.05, 4.69) is 9.44 Å². The fraction of sp³-hybridized carbons (Fsp3) is 0.167. The van der Waals surface area contributed by atoms with E-state index in [1.165, 1.54) is 62.6 Å². The fourth-order valence-electron chi connectivity index (χ4n) is 3.01. The summed E-state index contributed by atoms with van der Waals surface area (Å²) in [6, 6.07) is 17.8. The summed E-state index contributed by atoms with van der Waals surface area (Å²) in [7, 11) is -4.82. The number of hydrogen-bond acceptors (Lipinski definition) is 8. The second kappa shape index (κ2) is 11.4. The van der Waals surface area contributed by atoms with Crippen LogP contribution >= 0.6 is 0 Å². The van der Waals surface area contributed by atoms with Crippen molar-refractivity contribution in [1.29, 1.82) is 0 Å². The van der Waals surface area contributed by atoms with E-state index in [1.54, 1.807) is 24.3 Å². The zero-order valence-electron chi connectivity index (χ0n) is 19.4. The van der Waals surface area contributed by atoms with E-state index >= 15 is 0 Å². The minimum atomic E-state index is -3.69. The molecule has 36 heavy (non-hydrogen) atoms. The van der Waals surface area contributed by atoms with Gasteiger partial charge in [0.15, 0.2) is 0 Å². The molecule has 0 aliphatic carbocycles. The Hall–Kier alpha value is -3.58. The molecule has 0 heterocycles. The van der Waals surface area contributed by atoms with Gasteiger partial charge >= 0.3 is 11.9 Å². The molecule has 3 aromatic rings. The van der Waals surface area contributed by atoms with E-state index in [1.807, 2.05) is 0 Å². The lowest BCUT2D eigenvalue weighted by Gasteiger charge is -2.09. The lowest BCUT2D eigenvalue weighted by molar-refractivity contribution is 0.0460. The molecule has 12 heteroatoms. The van der Waals surface area contributed by atoms with Crippen LogP contribution in [0.4, 0.5) is 0 Å². The molecule has 0 fully saturated rings. The van der Waals surface area contributed by atoms with Crippen molar-refractivity contribution < 1.29 is 35.9 Å². The first-order valence-electron chi connectivity index (χ1n) is 10.5. The first-order chi connectivity index (χ1) is 17.1. The van der Waals surface area contributed by atoms with Crippen LogP contribution < -0.4 is 9.44 Å². The van der Waals surface area contributed by atoms with Gasteiger partial charge < -0.3 is 9.47 Å². The largest absolute Gasteiger partial charge is 0.457 e. The predicted octanol–water partition coefficient (Wildman–Crippen LogP) is 2.22. The maximum Gasteiger partial charge on any atom is 0.338 e. The van der Waals surface area contributed by atoms with Crippen molar-refractivity contribution in [2.24, 2.45) is 0 Å². The third-order valence-electron chi connectivity index (χ3n) is 5.06. The van der Waals surface area contributed by atoms with Crippen molar-refractivity contribution >= 4 is 32.0 Å². The Morgan fingerprint density at radius 3 is 1.33 bits per heavy atom. The van der Waals surface area contributed by atoms with Gasteiger partial charge in [0, 0.05) is 0 Å². The van der Waals surface area contributed by atoms with Gasteiger partial charge in [-0.1, -0.05) is 36.4 Å². The number of hydrogen-bond donors (Lipinski definition) is 2. The molecule has 0 unspecified atom stereocenters. The smallest absolute Gasteiger partial charge is 0.338 e. The molecule has 0 bridgehead atoms. The molecule has 2 N–H and O–H groups in total. The molecule has 190 valence electrons. The standard InChI is InChI=1S/C24H24N2O8S2/c1-25-35(29,30)21-7-3-5-19(13-21)23(27)33-15-17-9-11-18(12-10-17)16-34-24(28)20-6-4-8-22(14-20)36(31,32)26-2/h3-14,25-26H,15-16H2,1-2H3. The Kier molecular flexibility index (Phi) is 8.58. The molecule has 0 atom stereocenters. The van der Waals surface area contributed by atoms with Crippen molar-refractivity contribution in [3.63, 3.8) is 0 Å². The molecule has 0 aliphatic rings. The third kappa shape index (κ3) is 6.76. The molecule has 0 spiro atoms. The van der Waals surface area contributed by atoms with Gasteiger partial charge in [0.1, 0.15) is 13.2 Å². The number of carbonyl (C=O) groups is 2. The summed E-state index contributed by atoms with van der Waals surface area (Å²) in [5, 5.41) is 0. The van der Waals surface area contributed by atoms with Crippen LogP contribution in [0.3, 0.4) is 0 Å². The molecule has 3 aromatic carbocycles. The summed E-state index contributed by atoms with van der Waals surface area (Å²) in [6.07, 6.45) is 0. The third-order valence-corrected chi connectivity index (χ3v) is 7.88. The van der Waals surface area contributed by atoms with Gasteiger partial charge in [-0.15, -0.1) is 0 Å². The highest BCUT2D eigenvalue weighted by molar-refractivity contribution is 7.89. The van der Waals surface area contributed by atoms with Crippen LogP contribution in [-0.2, 0) is 42.7 Å². The zero-order valence-corrected chi connectivity index (χ0v) is 21.1. The summed E-state index contributed by atoms with van der Waals surface area (Å²) in [4.78, 5) is 24.6. The molecule has 0 amide bonds. The van der Waals surface area contributed by atoms with Crippen LogP contribution in [0.25, 0.3) is 0 Å². The molecule has 0 radical (unpaired) electrons. The van der Waals surface area contributed by atoms with Crippen LogP contribution in [0.1, 0.15) is 31.8 Å². The number of esters is 2. The Morgan fingerprint density at radius 2 is 1.00 bits per heavy atom. The van der Waals surface area contributed by atoms with Crippen LogP contribution in [0.5, 0.6) is 0 Å². The molecule has 3 rings (SSSR count). The number of nitrogens with one attached hydrogen (secondary N) is 2. The normalized spacial score (nSPS) is 11.6. The zero-order chi connectivity index (χ0) is 26.3. The van der Waals surface area contributed by atoms with E-state index in [0.717, 1.165) is 0 Å². The summed E-state index contributed by atoms with van der Waals surface area (Å²) in [6.45, 7) is -0.0940. The number of sulfonamides is 2. The van der Waals surface area contributed by atoms with Crippen LogP contribution in [0, 0.1) is 0 Å². The lowest BCUT2D eigenvalue weighted by atomic mass is 10.1. The van der Waals surface area contributed by atoms with Gasteiger partial charge in [0.05, 0.1) is 20.9 Å². The van der Waals surface area contributed by atoms with Gasteiger partial charge in [-0.05, 0) is 61.6 Å². The lowest BCUT2D eigenvalue weighted by Crippen LogP contribution is -2.19. The van der Waals surface area contributed by atoms with Crippen LogP contribution in [0.2, 0.25) is 0 Å². The van der Waals surface area contributed by atoms with Crippen LogP contribution in [0.15, 0.2) is 82.6 Å². The first-order valence-corrected chi connectivity index (χ1v) is 13.5. The van der Waals surface area contributed by atoms with Gasteiger partial charge in [-0.25, -0.2) is 35.9 Å². The number of ether oxygens (including phenoxy) is 2. The average molecular weight is 533 g/mol. The number of carbonyl (C=O) groups excluding carboxylic acids is 2. The Labute approximate surface area is 209 Å². The average Bonchev–Trinajstić information content (AvgIpc) is 2.91. The first kappa shape index (κ1) is 27.0. The van der Waals surface area contributed by atoms with Gasteiger partial charge in [-0.3, -0.25) is 0 Å². The Balaban J connectivity index is 1.56. The highest BCUT2D eigenvalue weighted by atomic mass is 32.2. The maximum absolute atomic E-state index is 12.3. The summed E-state index contributed by atoms with van der Waals surface area (Å²) in [5.41, 5.74) is 1.53. The highest BCUT2D eigenvalue weighted by Crippen LogP contribution is 2.15. The van der Waals surface area contributed by atoms with E-state index in [4.69, 9.17) is 9.47 Å². The van der Waals surface area contributed by atoms with E-state index < -0.39 is 32.0 Å². The predicted molar refractivity (Wildman–Crippen MR) is 130 cm³/mol. The Bertz CT molecular complexity index is 1360. The quantitative estimate of drug-likeness (QED) is 0.378. The van der Waals surface area contributed by atoms with E-state index in [9.17, 15) is 26.4 Å². The second-order valence-electron chi connectivity index (χ2n) is 7.44. The van der Waals surface area contributed by atoms with Gasteiger partial charge in [0.2, 0.25) is 20.0 Å². The second-order valence-corrected chi connectivity index (χ2v) is 11.2. The van der Waals surface area contributed by atoms with Crippen molar-refractivity contribution in [3.8, 4) is 0 Å². The fourth-order valence-corrected chi connectivity index (χ4v) is 4.56. The number of benzene rings is 3.